The van der Waals surface area contributed by atoms with Crippen molar-refractivity contribution >= 4 is 50.4 Å². The number of carboxylic acids is 1. The van der Waals surface area contributed by atoms with Gasteiger partial charge in [0.25, 0.3) is 10.0 Å². The zero-order valence-electron chi connectivity index (χ0n) is 18.0. The molecule has 0 fully saturated rings. The van der Waals surface area contributed by atoms with Crippen LogP contribution in [-0.4, -0.2) is 24.5 Å². The Balaban J connectivity index is 1.67. The molecule has 0 saturated carbocycles. The van der Waals surface area contributed by atoms with Crippen LogP contribution in [0.4, 0.5) is 11.7 Å². The minimum absolute atomic E-state index is 0.0713. The van der Waals surface area contributed by atoms with Crippen molar-refractivity contribution in [1.29, 1.82) is 0 Å². The summed E-state index contributed by atoms with van der Waals surface area (Å²) in [5, 5.41) is 9.35. The fraction of sp³-hybridized carbons (Fsp3) is 0. The molecular formula is C26H17ClN2O5S. The number of carbonyl (C=O) groups is 1. The van der Waals surface area contributed by atoms with Crippen LogP contribution in [0.5, 0.6) is 0 Å². The van der Waals surface area contributed by atoms with Gasteiger partial charge in [0.2, 0.25) is 0 Å². The van der Waals surface area contributed by atoms with Gasteiger partial charge >= 0.3 is 12.0 Å². The Labute approximate surface area is 205 Å². The Morgan fingerprint density at radius 2 is 1.54 bits per heavy atom. The number of hydrogen-bond acceptors (Lipinski definition) is 5. The Hall–Kier alpha value is -4.14. The largest absolute Gasteiger partial charge is 0.478 e. The van der Waals surface area contributed by atoms with E-state index in [1.54, 1.807) is 36.4 Å². The molecule has 0 amide bonds. The lowest BCUT2D eigenvalue weighted by atomic mass is 10.1. The molecule has 0 unspecified atom stereocenters. The summed E-state index contributed by atoms with van der Waals surface area (Å²) in [4.78, 5) is 15.8. The van der Waals surface area contributed by atoms with Gasteiger partial charge in [-0.3, -0.25) is 0 Å². The zero-order valence-corrected chi connectivity index (χ0v) is 19.6. The highest BCUT2D eigenvalue weighted by molar-refractivity contribution is 7.93. The second kappa shape index (κ2) is 8.90. The zero-order chi connectivity index (χ0) is 24.6. The molecule has 1 aromatic heterocycles. The van der Waals surface area contributed by atoms with Crippen molar-refractivity contribution in [2.45, 2.75) is 4.90 Å². The molecule has 0 aliphatic carbocycles. The van der Waals surface area contributed by atoms with Gasteiger partial charge in [0.05, 0.1) is 21.2 Å². The van der Waals surface area contributed by atoms with E-state index in [-0.39, 0.29) is 27.2 Å². The van der Waals surface area contributed by atoms with E-state index in [1.165, 1.54) is 12.1 Å². The van der Waals surface area contributed by atoms with E-state index in [1.807, 2.05) is 42.5 Å². The molecule has 7 nitrogen and oxygen atoms in total. The highest BCUT2D eigenvalue weighted by atomic mass is 35.5. The molecule has 0 aliphatic rings. The van der Waals surface area contributed by atoms with Crippen LogP contribution in [0.2, 0.25) is 5.02 Å². The number of sulfonamides is 1. The quantitative estimate of drug-likeness (QED) is 0.288. The average Bonchev–Trinajstić information content (AvgIpc) is 3.27. The lowest BCUT2D eigenvalue weighted by molar-refractivity contribution is 0.0697. The third-order valence-corrected chi connectivity index (χ3v) is 7.38. The van der Waals surface area contributed by atoms with Gasteiger partial charge in [-0.25, -0.2) is 13.2 Å². The lowest BCUT2D eigenvalue weighted by Crippen LogP contribution is -2.26. The van der Waals surface area contributed by atoms with Crippen LogP contribution < -0.4 is 4.31 Å². The first-order valence-corrected chi connectivity index (χ1v) is 12.3. The van der Waals surface area contributed by atoms with Gasteiger partial charge in [-0.15, -0.1) is 0 Å². The van der Waals surface area contributed by atoms with Gasteiger partial charge in [0.15, 0.2) is 5.58 Å². The Kier molecular flexibility index (Phi) is 5.76. The number of aromatic carboxylic acids is 1. The second-order valence-corrected chi connectivity index (χ2v) is 9.79. The van der Waals surface area contributed by atoms with Gasteiger partial charge in [-0.05, 0) is 53.6 Å². The standard InChI is InChI=1S/C26H17ClN2O5S/c27-22-13-12-20(16-21(22)25(30)31)35(32,33)29(19-9-5-2-6-10-19)26-28-23-15-18(11-14-24(23)34-26)17-7-3-1-4-8-17/h1-16H,(H,30,31). The van der Waals surface area contributed by atoms with E-state index in [9.17, 15) is 18.3 Å². The molecule has 0 atom stereocenters. The number of oxazole rings is 1. The van der Waals surface area contributed by atoms with Crippen molar-refractivity contribution in [2.75, 3.05) is 4.31 Å². The summed E-state index contributed by atoms with van der Waals surface area (Å²) in [5.41, 5.74) is 2.70. The van der Waals surface area contributed by atoms with E-state index < -0.39 is 16.0 Å². The molecule has 1 N–H and O–H groups in total. The van der Waals surface area contributed by atoms with Crippen LogP contribution in [0.15, 0.2) is 106 Å². The van der Waals surface area contributed by atoms with Crippen LogP contribution in [0.3, 0.4) is 0 Å². The minimum Gasteiger partial charge on any atom is -0.478 e. The molecule has 0 radical (unpaired) electrons. The maximum atomic E-state index is 13.8. The molecule has 35 heavy (non-hydrogen) atoms. The number of aromatic nitrogens is 1. The molecule has 0 aliphatic heterocycles. The van der Waals surface area contributed by atoms with Crippen LogP contribution >= 0.6 is 11.6 Å². The fourth-order valence-electron chi connectivity index (χ4n) is 3.66. The molecule has 4 aromatic carbocycles. The molecule has 174 valence electrons. The van der Waals surface area contributed by atoms with Crippen LogP contribution in [0.25, 0.3) is 22.2 Å². The van der Waals surface area contributed by atoms with E-state index in [4.69, 9.17) is 16.0 Å². The normalized spacial score (nSPS) is 11.5. The highest BCUT2D eigenvalue weighted by Gasteiger charge is 2.32. The minimum atomic E-state index is -4.33. The number of halogens is 1. The second-order valence-electron chi connectivity index (χ2n) is 7.60. The van der Waals surface area contributed by atoms with Crippen molar-refractivity contribution in [1.82, 2.24) is 4.98 Å². The molecule has 0 saturated heterocycles. The summed E-state index contributed by atoms with van der Waals surface area (Å²) in [6.07, 6.45) is 0. The highest BCUT2D eigenvalue weighted by Crippen LogP contribution is 2.35. The predicted molar refractivity (Wildman–Crippen MR) is 134 cm³/mol. The molecule has 1 heterocycles. The summed E-state index contributed by atoms with van der Waals surface area (Å²) in [5.74, 6) is -1.34. The Morgan fingerprint density at radius 1 is 0.857 bits per heavy atom. The summed E-state index contributed by atoms with van der Waals surface area (Å²) in [6, 6.07) is 26.7. The average molecular weight is 505 g/mol. The first kappa shape index (κ1) is 22.6. The molecule has 0 bridgehead atoms. The third-order valence-electron chi connectivity index (χ3n) is 5.35. The van der Waals surface area contributed by atoms with Crippen molar-refractivity contribution in [3.63, 3.8) is 0 Å². The van der Waals surface area contributed by atoms with E-state index >= 15 is 0 Å². The fourth-order valence-corrected chi connectivity index (χ4v) is 5.26. The van der Waals surface area contributed by atoms with Crippen LogP contribution in [-0.2, 0) is 10.0 Å². The van der Waals surface area contributed by atoms with Gasteiger partial charge in [0, 0.05) is 0 Å². The smallest absolute Gasteiger partial charge is 0.337 e. The van der Waals surface area contributed by atoms with Gasteiger partial charge < -0.3 is 9.52 Å². The summed E-state index contributed by atoms with van der Waals surface area (Å²) >= 11 is 5.95. The molecule has 0 spiro atoms. The number of fused-ring (bicyclic) bond motifs is 1. The van der Waals surface area contributed by atoms with E-state index in [2.05, 4.69) is 4.98 Å². The van der Waals surface area contributed by atoms with Crippen LogP contribution in [0.1, 0.15) is 10.4 Å². The van der Waals surface area contributed by atoms with Crippen molar-refractivity contribution in [3.8, 4) is 11.1 Å². The molecule has 9 heteroatoms. The van der Waals surface area contributed by atoms with Crippen LogP contribution in [0, 0.1) is 0 Å². The summed E-state index contributed by atoms with van der Waals surface area (Å²) in [6.45, 7) is 0. The van der Waals surface area contributed by atoms with Crippen molar-refractivity contribution in [3.05, 3.63) is 108 Å². The van der Waals surface area contributed by atoms with Gasteiger partial charge in [-0.2, -0.15) is 9.29 Å². The number of nitrogens with zero attached hydrogens (tertiary/aromatic N) is 2. The predicted octanol–water partition coefficient (Wildman–Crippen LogP) is 6.37. The first-order chi connectivity index (χ1) is 16.8. The van der Waals surface area contributed by atoms with Gasteiger partial charge in [0.1, 0.15) is 5.52 Å². The number of benzene rings is 4. The van der Waals surface area contributed by atoms with Crippen molar-refractivity contribution in [2.24, 2.45) is 0 Å². The van der Waals surface area contributed by atoms with E-state index in [0.29, 0.717) is 11.1 Å². The SMILES string of the molecule is O=C(O)c1cc(S(=O)(=O)N(c2ccccc2)c2nc3cc(-c4ccccc4)ccc3o2)ccc1Cl. The number of anilines is 2. The number of rotatable bonds is 6. The number of para-hydroxylation sites is 1. The summed E-state index contributed by atoms with van der Waals surface area (Å²) < 4.78 is 34.4. The molecular weight excluding hydrogens is 488 g/mol. The van der Waals surface area contributed by atoms with E-state index in [0.717, 1.165) is 21.5 Å². The van der Waals surface area contributed by atoms with Crippen molar-refractivity contribution < 1.29 is 22.7 Å². The molecule has 5 aromatic rings. The number of hydrogen-bond donors (Lipinski definition) is 1. The molecule has 5 rings (SSSR count). The Bertz CT molecular complexity index is 1650. The van der Waals surface area contributed by atoms with Gasteiger partial charge in [-0.1, -0.05) is 66.2 Å². The third kappa shape index (κ3) is 4.25. The topological polar surface area (TPSA) is 101 Å². The summed E-state index contributed by atoms with van der Waals surface area (Å²) in [7, 11) is -4.33. The first-order valence-electron chi connectivity index (χ1n) is 10.4. The maximum Gasteiger partial charge on any atom is 0.337 e. The Morgan fingerprint density at radius 3 is 2.23 bits per heavy atom. The lowest BCUT2D eigenvalue weighted by Gasteiger charge is -2.21. The monoisotopic (exact) mass is 504 g/mol. The maximum absolute atomic E-state index is 13.8. The number of carboxylic acid groups (broad SMARTS) is 1.